The van der Waals surface area contributed by atoms with Crippen molar-refractivity contribution in [2.24, 2.45) is 0 Å². The van der Waals surface area contributed by atoms with E-state index in [1.165, 1.54) is 0 Å². The number of nitrogens with two attached hydrogens (primary N) is 1. The minimum absolute atomic E-state index is 0.0219. The second-order valence-corrected chi connectivity index (χ2v) is 4.87. The number of rotatable bonds is 4. The van der Waals surface area contributed by atoms with Crippen LogP contribution in [0.25, 0.3) is 0 Å². The van der Waals surface area contributed by atoms with Crippen molar-refractivity contribution in [3.05, 3.63) is 23.2 Å². The summed E-state index contributed by atoms with van der Waals surface area (Å²) in [6.07, 6.45) is 3.63. The maximum atomic E-state index is 11.7. The van der Waals surface area contributed by atoms with Gasteiger partial charge in [0.2, 0.25) is 5.91 Å². The molecule has 1 atom stereocenters. The number of nitrogens with one attached hydrogen (secondary N) is 1. The van der Waals surface area contributed by atoms with Gasteiger partial charge >= 0.3 is 0 Å². The number of ether oxygens (including phenoxy) is 1. The number of anilines is 2. The third-order valence-corrected chi connectivity index (χ3v) is 3.33. The highest BCUT2D eigenvalue weighted by atomic mass is 35.5. The summed E-state index contributed by atoms with van der Waals surface area (Å²) >= 11 is 5.88. The van der Waals surface area contributed by atoms with Gasteiger partial charge in [-0.3, -0.25) is 4.79 Å². The molecule has 4 nitrogen and oxygen atoms in total. The third kappa shape index (κ3) is 3.62. The molecule has 0 radical (unpaired) electrons. The van der Waals surface area contributed by atoms with Crippen molar-refractivity contribution in [2.75, 3.05) is 17.7 Å². The minimum atomic E-state index is -0.0219. The maximum Gasteiger partial charge on any atom is 0.224 e. The van der Waals surface area contributed by atoms with E-state index >= 15 is 0 Å². The van der Waals surface area contributed by atoms with E-state index in [0.29, 0.717) is 22.8 Å². The maximum absolute atomic E-state index is 11.7. The molecule has 98 valence electrons. The molecule has 5 heteroatoms. The van der Waals surface area contributed by atoms with Crippen LogP contribution in [-0.2, 0) is 9.53 Å². The molecular weight excluding hydrogens is 252 g/mol. The van der Waals surface area contributed by atoms with Crippen LogP contribution in [0.3, 0.4) is 0 Å². The quantitative estimate of drug-likeness (QED) is 0.826. The lowest BCUT2D eigenvalue weighted by Crippen LogP contribution is -2.15. The molecule has 1 aromatic carbocycles. The molecule has 1 amide bonds. The molecule has 3 N–H and O–H groups in total. The van der Waals surface area contributed by atoms with E-state index in [2.05, 4.69) is 5.32 Å². The van der Waals surface area contributed by atoms with Gasteiger partial charge in [-0.1, -0.05) is 11.6 Å². The Hall–Kier alpha value is -1.26. The number of hydrogen-bond acceptors (Lipinski definition) is 3. The van der Waals surface area contributed by atoms with Crippen molar-refractivity contribution in [2.45, 2.75) is 31.8 Å². The Balaban J connectivity index is 1.80. The van der Waals surface area contributed by atoms with Crippen LogP contribution >= 0.6 is 11.6 Å². The average Bonchev–Trinajstić information content (AvgIpc) is 2.84. The largest absolute Gasteiger partial charge is 0.398 e. The van der Waals surface area contributed by atoms with E-state index in [9.17, 15) is 4.79 Å². The summed E-state index contributed by atoms with van der Waals surface area (Å²) < 4.78 is 5.47. The van der Waals surface area contributed by atoms with Crippen molar-refractivity contribution < 1.29 is 9.53 Å². The van der Waals surface area contributed by atoms with E-state index in [0.717, 1.165) is 25.9 Å². The molecule has 1 saturated heterocycles. The molecule has 0 saturated carbocycles. The predicted molar refractivity (Wildman–Crippen MR) is 72.7 cm³/mol. The molecule has 1 unspecified atom stereocenters. The molecule has 0 bridgehead atoms. The Kier molecular flexibility index (Phi) is 4.44. The summed E-state index contributed by atoms with van der Waals surface area (Å²) in [5, 5.41) is 3.25. The highest BCUT2D eigenvalue weighted by Gasteiger charge is 2.16. The van der Waals surface area contributed by atoms with E-state index in [4.69, 9.17) is 22.1 Å². The number of carbonyl (C=O) groups is 1. The minimum Gasteiger partial charge on any atom is -0.398 e. The Morgan fingerprint density at radius 1 is 1.56 bits per heavy atom. The van der Waals surface area contributed by atoms with Crippen LogP contribution < -0.4 is 11.1 Å². The standard InChI is InChI=1S/C13H17ClN2O2/c14-11-8-9(3-5-12(11)15)16-13(17)6-4-10-2-1-7-18-10/h3,5,8,10H,1-2,4,6-7,15H2,(H,16,17). The van der Waals surface area contributed by atoms with E-state index < -0.39 is 0 Å². The SMILES string of the molecule is Nc1ccc(NC(=O)CCC2CCCO2)cc1Cl. The third-order valence-electron chi connectivity index (χ3n) is 3.00. The van der Waals surface area contributed by atoms with Gasteiger partial charge in [0.25, 0.3) is 0 Å². The molecule has 1 aromatic rings. The highest BCUT2D eigenvalue weighted by molar-refractivity contribution is 6.33. The van der Waals surface area contributed by atoms with Crippen LogP contribution in [-0.4, -0.2) is 18.6 Å². The topological polar surface area (TPSA) is 64.3 Å². The number of benzene rings is 1. The van der Waals surface area contributed by atoms with Crippen molar-refractivity contribution in [1.82, 2.24) is 0 Å². The van der Waals surface area contributed by atoms with Crippen molar-refractivity contribution in [3.8, 4) is 0 Å². The summed E-state index contributed by atoms with van der Waals surface area (Å²) in [6, 6.07) is 5.07. The molecule has 0 aliphatic carbocycles. The zero-order valence-electron chi connectivity index (χ0n) is 10.1. The number of hydrogen-bond donors (Lipinski definition) is 2. The zero-order valence-corrected chi connectivity index (χ0v) is 10.9. The Labute approximate surface area is 111 Å². The van der Waals surface area contributed by atoms with Crippen molar-refractivity contribution >= 4 is 28.9 Å². The van der Waals surface area contributed by atoms with Crippen LogP contribution in [0.1, 0.15) is 25.7 Å². The molecular formula is C13H17ClN2O2. The Bertz CT molecular complexity index is 431. The first kappa shape index (κ1) is 13.2. The lowest BCUT2D eigenvalue weighted by molar-refractivity contribution is -0.116. The van der Waals surface area contributed by atoms with Crippen LogP contribution in [0, 0.1) is 0 Å². The van der Waals surface area contributed by atoms with Gasteiger partial charge in [0.1, 0.15) is 0 Å². The molecule has 0 spiro atoms. The van der Waals surface area contributed by atoms with E-state index in [1.54, 1.807) is 18.2 Å². The predicted octanol–water partition coefficient (Wildman–Crippen LogP) is 2.82. The smallest absolute Gasteiger partial charge is 0.224 e. The summed E-state index contributed by atoms with van der Waals surface area (Å²) in [4.78, 5) is 11.7. The van der Waals surface area contributed by atoms with Gasteiger partial charge in [-0.2, -0.15) is 0 Å². The van der Waals surface area contributed by atoms with Gasteiger partial charge in [0.15, 0.2) is 0 Å². The second-order valence-electron chi connectivity index (χ2n) is 4.46. The summed E-state index contributed by atoms with van der Waals surface area (Å²) in [6.45, 7) is 0.819. The lowest BCUT2D eigenvalue weighted by atomic mass is 10.1. The van der Waals surface area contributed by atoms with Gasteiger partial charge < -0.3 is 15.8 Å². The first-order valence-corrected chi connectivity index (χ1v) is 6.49. The molecule has 2 rings (SSSR count). The van der Waals surface area contributed by atoms with Crippen LogP contribution in [0.15, 0.2) is 18.2 Å². The fraction of sp³-hybridized carbons (Fsp3) is 0.462. The second kappa shape index (κ2) is 6.07. The van der Waals surface area contributed by atoms with Crippen LogP contribution in [0.2, 0.25) is 5.02 Å². The fourth-order valence-corrected chi connectivity index (χ4v) is 2.17. The van der Waals surface area contributed by atoms with Gasteiger partial charge in [0, 0.05) is 18.7 Å². The lowest BCUT2D eigenvalue weighted by Gasteiger charge is -2.10. The summed E-state index contributed by atoms with van der Waals surface area (Å²) in [7, 11) is 0. The number of amides is 1. The van der Waals surface area contributed by atoms with Crippen LogP contribution in [0.4, 0.5) is 11.4 Å². The fourth-order valence-electron chi connectivity index (χ4n) is 1.99. The average molecular weight is 269 g/mol. The summed E-state index contributed by atoms with van der Waals surface area (Å²) in [5.74, 6) is -0.0219. The van der Waals surface area contributed by atoms with Gasteiger partial charge in [-0.05, 0) is 37.5 Å². The first-order valence-electron chi connectivity index (χ1n) is 6.11. The molecule has 1 aliphatic heterocycles. The Morgan fingerprint density at radius 2 is 2.39 bits per heavy atom. The first-order chi connectivity index (χ1) is 8.65. The molecule has 0 aromatic heterocycles. The molecule has 1 fully saturated rings. The number of nitrogen functional groups attached to an aromatic ring is 1. The van der Waals surface area contributed by atoms with E-state index in [-0.39, 0.29) is 12.0 Å². The number of halogens is 1. The Morgan fingerprint density at radius 3 is 3.06 bits per heavy atom. The van der Waals surface area contributed by atoms with Crippen LogP contribution in [0.5, 0.6) is 0 Å². The van der Waals surface area contributed by atoms with E-state index in [1.807, 2.05) is 0 Å². The number of carbonyl (C=O) groups excluding carboxylic acids is 1. The van der Waals surface area contributed by atoms with Gasteiger partial charge in [0.05, 0.1) is 16.8 Å². The van der Waals surface area contributed by atoms with Gasteiger partial charge in [-0.25, -0.2) is 0 Å². The summed E-state index contributed by atoms with van der Waals surface area (Å²) in [5.41, 5.74) is 6.78. The highest BCUT2D eigenvalue weighted by Crippen LogP contribution is 2.23. The zero-order chi connectivity index (χ0) is 13.0. The van der Waals surface area contributed by atoms with Crippen molar-refractivity contribution in [1.29, 1.82) is 0 Å². The molecule has 1 heterocycles. The molecule has 18 heavy (non-hydrogen) atoms. The monoisotopic (exact) mass is 268 g/mol. The normalized spacial score (nSPS) is 18.8. The molecule has 1 aliphatic rings. The van der Waals surface area contributed by atoms with Gasteiger partial charge in [-0.15, -0.1) is 0 Å². The van der Waals surface area contributed by atoms with Crippen molar-refractivity contribution in [3.63, 3.8) is 0 Å².